The summed E-state index contributed by atoms with van der Waals surface area (Å²) in [7, 11) is 0. The van der Waals surface area contributed by atoms with Crippen LogP contribution in [0.25, 0.3) is 0 Å². The number of rotatable bonds is 2. The van der Waals surface area contributed by atoms with Gasteiger partial charge in [0.05, 0.1) is 0 Å². The summed E-state index contributed by atoms with van der Waals surface area (Å²) in [5.41, 5.74) is 0. The molecule has 3 rings (SSSR count). The van der Waals surface area contributed by atoms with Crippen molar-refractivity contribution in [1.82, 2.24) is 0 Å². The van der Waals surface area contributed by atoms with E-state index in [1.807, 2.05) is 0 Å². The van der Waals surface area contributed by atoms with Crippen molar-refractivity contribution in [3.05, 3.63) is 12.7 Å². The van der Waals surface area contributed by atoms with E-state index < -0.39 is 0 Å². The van der Waals surface area contributed by atoms with Crippen molar-refractivity contribution in [1.29, 1.82) is 0 Å². The lowest BCUT2D eigenvalue weighted by molar-refractivity contribution is 0.0451. The Balaban J connectivity index is 1.80. The van der Waals surface area contributed by atoms with Crippen LogP contribution in [0.15, 0.2) is 12.7 Å². The van der Waals surface area contributed by atoms with Crippen molar-refractivity contribution in [2.45, 2.75) is 51.4 Å². The minimum Gasteiger partial charge on any atom is -0.103 e. The van der Waals surface area contributed by atoms with Crippen LogP contribution in [0, 0.1) is 29.6 Å². The first kappa shape index (κ1) is 9.93. The Morgan fingerprint density at radius 1 is 0.933 bits per heavy atom. The van der Waals surface area contributed by atoms with Crippen molar-refractivity contribution in [2.24, 2.45) is 29.6 Å². The summed E-state index contributed by atoms with van der Waals surface area (Å²) in [6.07, 6.45) is 14.2. The Bertz CT molecular complexity index is 236. The van der Waals surface area contributed by atoms with Gasteiger partial charge in [-0.2, -0.15) is 0 Å². The molecule has 0 aromatic heterocycles. The fourth-order valence-electron chi connectivity index (χ4n) is 5.08. The largest absolute Gasteiger partial charge is 0.103 e. The van der Waals surface area contributed by atoms with Crippen molar-refractivity contribution >= 4 is 0 Å². The maximum absolute atomic E-state index is 3.95. The normalized spacial score (nSPS) is 48.7. The van der Waals surface area contributed by atoms with Crippen LogP contribution in [0.2, 0.25) is 0 Å². The summed E-state index contributed by atoms with van der Waals surface area (Å²) in [4.78, 5) is 0. The fraction of sp³-hybridized carbons (Fsp3) is 0.867. The van der Waals surface area contributed by atoms with Crippen LogP contribution in [0.5, 0.6) is 0 Å². The van der Waals surface area contributed by atoms with Gasteiger partial charge in [0.25, 0.3) is 0 Å². The van der Waals surface area contributed by atoms with Crippen molar-refractivity contribution < 1.29 is 0 Å². The van der Waals surface area contributed by atoms with Crippen molar-refractivity contribution in [3.8, 4) is 0 Å². The number of hydrogen-bond acceptors (Lipinski definition) is 0. The molecule has 0 spiro atoms. The molecule has 3 fully saturated rings. The van der Waals surface area contributed by atoms with Crippen LogP contribution in [0.1, 0.15) is 51.4 Å². The topological polar surface area (TPSA) is 0 Å². The van der Waals surface area contributed by atoms with E-state index in [-0.39, 0.29) is 0 Å². The highest BCUT2D eigenvalue weighted by Crippen LogP contribution is 2.56. The Morgan fingerprint density at radius 2 is 1.67 bits per heavy atom. The van der Waals surface area contributed by atoms with E-state index >= 15 is 0 Å². The number of hydrogen-bond donors (Lipinski definition) is 0. The van der Waals surface area contributed by atoms with Gasteiger partial charge in [-0.1, -0.05) is 18.9 Å². The highest BCUT2D eigenvalue weighted by atomic mass is 14.5. The molecule has 0 aliphatic heterocycles. The predicted molar refractivity (Wildman–Crippen MR) is 64.6 cm³/mol. The molecule has 0 bridgehead atoms. The second kappa shape index (κ2) is 3.96. The van der Waals surface area contributed by atoms with Crippen LogP contribution in [0.4, 0.5) is 0 Å². The summed E-state index contributed by atoms with van der Waals surface area (Å²) in [6.45, 7) is 3.95. The highest BCUT2D eigenvalue weighted by molar-refractivity contribution is 4.98. The predicted octanol–water partition coefficient (Wildman–Crippen LogP) is 4.42. The molecule has 0 heterocycles. The van der Waals surface area contributed by atoms with Crippen LogP contribution in [0.3, 0.4) is 0 Å². The van der Waals surface area contributed by atoms with Crippen LogP contribution >= 0.6 is 0 Å². The zero-order valence-electron chi connectivity index (χ0n) is 9.83. The number of allylic oxidation sites excluding steroid dienone is 1. The maximum atomic E-state index is 3.95. The Kier molecular flexibility index (Phi) is 2.62. The second-order valence-electron chi connectivity index (χ2n) is 6.13. The third-order valence-corrected chi connectivity index (χ3v) is 5.59. The molecule has 0 heteroatoms. The van der Waals surface area contributed by atoms with Crippen molar-refractivity contribution in [3.63, 3.8) is 0 Å². The molecule has 0 aromatic rings. The average Bonchev–Trinajstić information content (AvgIpc) is 2.68. The van der Waals surface area contributed by atoms with Gasteiger partial charge in [0, 0.05) is 0 Å². The Morgan fingerprint density at radius 3 is 2.47 bits per heavy atom. The minimum absolute atomic E-state index is 1.00. The lowest BCUT2D eigenvalue weighted by Crippen LogP contribution is -2.37. The molecule has 0 saturated heterocycles. The van der Waals surface area contributed by atoms with Gasteiger partial charge >= 0.3 is 0 Å². The summed E-state index contributed by atoms with van der Waals surface area (Å²) in [5.74, 6) is 5.48. The van der Waals surface area contributed by atoms with Gasteiger partial charge < -0.3 is 0 Å². The summed E-state index contributed by atoms with van der Waals surface area (Å²) in [5, 5.41) is 0. The molecule has 0 N–H and O–H groups in total. The van der Waals surface area contributed by atoms with Gasteiger partial charge in [0.1, 0.15) is 0 Å². The maximum Gasteiger partial charge on any atom is -0.0322 e. The molecule has 3 aliphatic carbocycles. The molecule has 3 aliphatic rings. The van der Waals surface area contributed by atoms with Gasteiger partial charge in [-0.05, 0) is 68.1 Å². The Labute approximate surface area is 94.1 Å². The highest BCUT2D eigenvalue weighted by Gasteiger charge is 2.47. The third kappa shape index (κ3) is 1.57. The van der Waals surface area contributed by atoms with E-state index in [9.17, 15) is 0 Å². The SMILES string of the molecule is C=CCC1CCC2CCC3CCCC1C32. The first-order chi connectivity index (χ1) is 7.40. The van der Waals surface area contributed by atoms with Crippen LogP contribution < -0.4 is 0 Å². The molecule has 0 aromatic carbocycles. The van der Waals surface area contributed by atoms with Gasteiger partial charge in [0.15, 0.2) is 0 Å². The van der Waals surface area contributed by atoms with Gasteiger partial charge in [-0.25, -0.2) is 0 Å². The molecule has 0 radical (unpaired) electrons. The molecular formula is C15H24. The van der Waals surface area contributed by atoms with Gasteiger partial charge in [-0.3, -0.25) is 0 Å². The van der Waals surface area contributed by atoms with Gasteiger partial charge in [0.2, 0.25) is 0 Å². The zero-order valence-corrected chi connectivity index (χ0v) is 9.83. The molecule has 15 heavy (non-hydrogen) atoms. The van der Waals surface area contributed by atoms with Gasteiger partial charge in [-0.15, -0.1) is 6.58 Å². The fourth-order valence-corrected chi connectivity index (χ4v) is 5.08. The van der Waals surface area contributed by atoms with Crippen LogP contribution in [-0.2, 0) is 0 Å². The first-order valence-corrected chi connectivity index (χ1v) is 7.01. The van der Waals surface area contributed by atoms with E-state index in [0.717, 1.165) is 29.6 Å². The molecule has 0 nitrogen and oxygen atoms in total. The lowest BCUT2D eigenvalue weighted by atomic mass is 9.60. The lowest BCUT2D eigenvalue weighted by Gasteiger charge is -2.45. The van der Waals surface area contributed by atoms with E-state index in [2.05, 4.69) is 12.7 Å². The first-order valence-electron chi connectivity index (χ1n) is 7.01. The molecule has 5 unspecified atom stereocenters. The Hall–Kier alpha value is -0.260. The third-order valence-electron chi connectivity index (χ3n) is 5.59. The second-order valence-corrected chi connectivity index (χ2v) is 6.13. The molecular weight excluding hydrogens is 180 g/mol. The minimum atomic E-state index is 1.00. The monoisotopic (exact) mass is 204 g/mol. The zero-order chi connectivity index (χ0) is 10.3. The molecule has 0 amide bonds. The van der Waals surface area contributed by atoms with E-state index in [1.165, 1.54) is 32.1 Å². The van der Waals surface area contributed by atoms with E-state index in [0.29, 0.717) is 0 Å². The summed E-state index contributed by atoms with van der Waals surface area (Å²) >= 11 is 0. The summed E-state index contributed by atoms with van der Waals surface area (Å²) in [6, 6.07) is 0. The molecule has 84 valence electrons. The smallest absolute Gasteiger partial charge is 0.0322 e. The molecule has 5 atom stereocenters. The standard InChI is InChI=1S/C15H24/c1-2-4-11-7-8-13-10-9-12-5-3-6-14(11)15(12)13/h2,11-15H,1,3-10H2. The van der Waals surface area contributed by atoms with E-state index in [4.69, 9.17) is 0 Å². The van der Waals surface area contributed by atoms with Crippen LogP contribution in [-0.4, -0.2) is 0 Å². The van der Waals surface area contributed by atoms with Crippen molar-refractivity contribution in [2.75, 3.05) is 0 Å². The molecule has 3 saturated carbocycles. The van der Waals surface area contributed by atoms with E-state index in [1.54, 1.807) is 19.3 Å². The quantitative estimate of drug-likeness (QED) is 0.584. The summed E-state index contributed by atoms with van der Waals surface area (Å²) < 4.78 is 0. The average molecular weight is 204 g/mol.